The molecule has 0 fully saturated rings. The Morgan fingerprint density at radius 1 is 1.25 bits per heavy atom. The third-order valence-electron chi connectivity index (χ3n) is 1.93. The molecule has 0 heterocycles. The number of unbranched alkanes of at least 4 members (excludes halogenated alkanes) is 2. The lowest BCUT2D eigenvalue weighted by atomic mass is 10.1. The predicted molar refractivity (Wildman–Crippen MR) is 57.3 cm³/mol. The molecule has 0 bridgehead atoms. The van der Waals surface area contributed by atoms with Crippen LogP contribution in [0.25, 0.3) is 0 Å². The Hall–Kier alpha value is -0.520. The van der Waals surface area contributed by atoms with E-state index in [0.717, 1.165) is 6.42 Å². The van der Waals surface area contributed by atoms with Gasteiger partial charge in [-0.15, -0.1) is 0 Å². The monoisotopic (exact) mass is 166 g/mol. The minimum atomic E-state index is 1.08. The summed E-state index contributed by atoms with van der Waals surface area (Å²) < 4.78 is 0. The molecule has 0 aromatic heterocycles. The Bertz CT molecular complexity index is 147. The molecular weight excluding hydrogens is 144 g/mol. The van der Waals surface area contributed by atoms with Gasteiger partial charge in [0, 0.05) is 0 Å². The van der Waals surface area contributed by atoms with Crippen LogP contribution in [0.3, 0.4) is 0 Å². The largest absolute Gasteiger partial charge is 0.0995 e. The zero-order chi connectivity index (χ0) is 9.40. The molecule has 0 saturated heterocycles. The molecule has 0 aromatic carbocycles. The molecule has 0 unspecified atom stereocenters. The van der Waals surface area contributed by atoms with Gasteiger partial charge >= 0.3 is 0 Å². The molecule has 0 N–H and O–H groups in total. The van der Waals surface area contributed by atoms with Crippen LogP contribution in [0.5, 0.6) is 0 Å². The predicted octanol–water partition coefficient (Wildman–Crippen LogP) is 4.48. The molecular formula is C12H22. The highest BCUT2D eigenvalue weighted by atomic mass is 14.0. The van der Waals surface area contributed by atoms with E-state index in [1.165, 1.54) is 36.8 Å². The van der Waals surface area contributed by atoms with Gasteiger partial charge in [-0.1, -0.05) is 43.6 Å². The van der Waals surface area contributed by atoms with E-state index < -0.39 is 0 Å². The smallest absolute Gasteiger partial charge is 0.0139 e. The van der Waals surface area contributed by atoms with E-state index in [0.29, 0.717) is 0 Å². The zero-order valence-electron chi connectivity index (χ0n) is 8.82. The fourth-order valence-corrected chi connectivity index (χ4v) is 1.08. The standard InChI is InChI=1S/C12H22/c1-5-6-7-8-12(4)10-9-11(2)3/h9H,4-8,10H2,1-3H3. The summed E-state index contributed by atoms with van der Waals surface area (Å²) in [6.07, 6.45) is 8.49. The third-order valence-corrected chi connectivity index (χ3v) is 1.93. The Morgan fingerprint density at radius 3 is 2.42 bits per heavy atom. The molecule has 0 aliphatic heterocycles. The molecule has 0 aliphatic carbocycles. The summed E-state index contributed by atoms with van der Waals surface area (Å²) in [5.74, 6) is 0. The molecule has 0 heteroatoms. The molecule has 0 nitrogen and oxygen atoms in total. The van der Waals surface area contributed by atoms with Crippen LogP contribution in [-0.4, -0.2) is 0 Å². The molecule has 0 saturated carbocycles. The van der Waals surface area contributed by atoms with Gasteiger partial charge in [0.15, 0.2) is 0 Å². The van der Waals surface area contributed by atoms with Gasteiger partial charge < -0.3 is 0 Å². The van der Waals surface area contributed by atoms with Crippen molar-refractivity contribution in [1.82, 2.24) is 0 Å². The summed E-state index contributed by atoms with van der Waals surface area (Å²) in [6, 6.07) is 0. The fourth-order valence-electron chi connectivity index (χ4n) is 1.08. The van der Waals surface area contributed by atoms with Crippen LogP contribution in [0.1, 0.15) is 52.9 Å². The fraction of sp³-hybridized carbons (Fsp3) is 0.667. The van der Waals surface area contributed by atoms with Gasteiger partial charge in [-0.3, -0.25) is 0 Å². The summed E-state index contributed by atoms with van der Waals surface area (Å²) >= 11 is 0. The SMILES string of the molecule is C=C(CC=C(C)C)CCCCC. The lowest BCUT2D eigenvalue weighted by Gasteiger charge is -2.01. The Labute approximate surface area is 77.4 Å². The molecule has 0 amide bonds. The van der Waals surface area contributed by atoms with Crippen molar-refractivity contribution in [3.8, 4) is 0 Å². The molecule has 0 aromatic rings. The van der Waals surface area contributed by atoms with Crippen molar-refractivity contribution in [2.75, 3.05) is 0 Å². The highest BCUT2D eigenvalue weighted by molar-refractivity contribution is 5.05. The minimum absolute atomic E-state index is 1.08. The molecule has 0 atom stereocenters. The van der Waals surface area contributed by atoms with Crippen molar-refractivity contribution in [2.24, 2.45) is 0 Å². The van der Waals surface area contributed by atoms with Crippen LogP contribution < -0.4 is 0 Å². The molecule has 0 rings (SSSR count). The van der Waals surface area contributed by atoms with E-state index in [9.17, 15) is 0 Å². The van der Waals surface area contributed by atoms with E-state index in [1.54, 1.807) is 0 Å². The van der Waals surface area contributed by atoms with Crippen molar-refractivity contribution in [3.63, 3.8) is 0 Å². The van der Waals surface area contributed by atoms with Crippen LogP contribution in [0.2, 0.25) is 0 Å². The van der Waals surface area contributed by atoms with Crippen LogP contribution >= 0.6 is 0 Å². The van der Waals surface area contributed by atoms with E-state index >= 15 is 0 Å². The van der Waals surface area contributed by atoms with Crippen LogP contribution in [0.4, 0.5) is 0 Å². The lowest BCUT2D eigenvalue weighted by molar-refractivity contribution is 0.708. The maximum atomic E-state index is 4.05. The minimum Gasteiger partial charge on any atom is -0.0995 e. The maximum Gasteiger partial charge on any atom is -0.0139 e. The van der Waals surface area contributed by atoms with Gasteiger partial charge in [-0.05, 0) is 33.1 Å². The zero-order valence-corrected chi connectivity index (χ0v) is 8.82. The van der Waals surface area contributed by atoms with Crippen LogP contribution in [-0.2, 0) is 0 Å². The molecule has 12 heavy (non-hydrogen) atoms. The normalized spacial score (nSPS) is 9.58. The van der Waals surface area contributed by atoms with Gasteiger partial charge in [-0.2, -0.15) is 0 Å². The summed E-state index contributed by atoms with van der Waals surface area (Å²) in [7, 11) is 0. The summed E-state index contributed by atoms with van der Waals surface area (Å²) in [5, 5.41) is 0. The Balaban J connectivity index is 3.41. The average Bonchev–Trinajstić information content (AvgIpc) is 2.01. The first kappa shape index (κ1) is 11.5. The maximum absolute atomic E-state index is 4.05. The quantitative estimate of drug-likeness (QED) is 0.403. The van der Waals surface area contributed by atoms with E-state index in [-0.39, 0.29) is 0 Å². The molecule has 70 valence electrons. The molecule has 0 radical (unpaired) electrons. The highest BCUT2D eigenvalue weighted by Crippen LogP contribution is 2.11. The van der Waals surface area contributed by atoms with Crippen molar-refractivity contribution < 1.29 is 0 Å². The lowest BCUT2D eigenvalue weighted by Crippen LogP contribution is -1.81. The number of hydrogen-bond acceptors (Lipinski definition) is 0. The molecule has 0 spiro atoms. The van der Waals surface area contributed by atoms with Crippen molar-refractivity contribution >= 4 is 0 Å². The van der Waals surface area contributed by atoms with Crippen LogP contribution in [0.15, 0.2) is 23.8 Å². The van der Waals surface area contributed by atoms with Crippen molar-refractivity contribution in [2.45, 2.75) is 52.9 Å². The Morgan fingerprint density at radius 2 is 1.92 bits per heavy atom. The topological polar surface area (TPSA) is 0 Å². The summed E-state index contributed by atoms with van der Waals surface area (Å²) in [6.45, 7) is 10.6. The second kappa shape index (κ2) is 7.15. The van der Waals surface area contributed by atoms with E-state index in [1.807, 2.05) is 0 Å². The van der Waals surface area contributed by atoms with Crippen molar-refractivity contribution in [3.05, 3.63) is 23.8 Å². The first-order valence-corrected chi connectivity index (χ1v) is 4.96. The van der Waals surface area contributed by atoms with Gasteiger partial charge in [0.1, 0.15) is 0 Å². The van der Waals surface area contributed by atoms with Gasteiger partial charge in [0.2, 0.25) is 0 Å². The average molecular weight is 166 g/mol. The molecule has 0 aliphatic rings. The number of allylic oxidation sites excluding steroid dienone is 3. The van der Waals surface area contributed by atoms with Gasteiger partial charge in [0.05, 0.1) is 0 Å². The number of hydrogen-bond donors (Lipinski definition) is 0. The first-order chi connectivity index (χ1) is 5.66. The summed E-state index contributed by atoms with van der Waals surface area (Å²) in [4.78, 5) is 0. The van der Waals surface area contributed by atoms with Gasteiger partial charge in [-0.25, -0.2) is 0 Å². The van der Waals surface area contributed by atoms with Crippen molar-refractivity contribution in [1.29, 1.82) is 0 Å². The number of rotatable bonds is 6. The van der Waals surface area contributed by atoms with Gasteiger partial charge in [0.25, 0.3) is 0 Å². The summed E-state index contributed by atoms with van der Waals surface area (Å²) in [5.41, 5.74) is 2.77. The second-order valence-electron chi connectivity index (χ2n) is 3.69. The first-order valence-electron chi connectivity index (χ1n) is 4.96. The second-order valence-corrected chi connectivity index (χ2v) is 3.69. The van der Waals surface area contributed by atoms with E-state index in [4.69, 9.17) is 0 Å². The highest BCUT2D eigenvalue weighted by Gasteiger charge is 1.91. The van der Waals surface area contributed by atoms with Crippen LogP contribution in [0, 0.1) is 0 Å². The third kappa shape index (κ3) is 7.59. The Kier molecular flexibility index (Phi) is 6.84. The van der Waals surface area contributed by atoms with E-state index in [2.05, 4.69) is 33.4 Å².